The van der Waals surface area contributed by atoms with Crippen molar-refractivity contribution in [3.63, 3.8) is 0 Å². The SMILES string of the molecule is CC(Cc1ccc(O)cc1)NC(C)CC(F)(F)F. The summed E-state index contributed by atoms with van der Waals surface area (Å²) in [6.45, 7) is 3.38. The van der Waals surface area contributed by atoms with Gasteiger partial charge in [-0.1, -0.05) is 12.1 Å². The van der Waals surface area contributed by atoms with Gasteiger partial charge >= 0.3 is 6.18 Å². The Morgan fingerprint density at radius 1 is 1.11 bits per heavy atom. The molecule has 2 atom stereocenters. The fraction of sp³-hybridized carbons (Fsp3) is 0.538. The number of halogens is 3. The molecule has 1 rings (SSSR count). The van der Waals surface area contributed by atoms with Crippen molar-refractivity contribution in [2.24, 2.45) is 0 Å². The molecule has 1 aromatic rings. The number of alkyl halides is 3. The molecule has 5 heteroatoms. The quantitative estimate of drug-likeness (QED) is 0.852. The van der Waals surface area contributed by atoms with E-state index in [1.54, 1.807) is 24.3 Å². The Bertz CT molecular complexity index is 361. The van der Waals surface area contributed by atoms with E-state index in [4.69, 9.17) is 5.11 Å². The highest BCUT2D eigenvalue weighted by atomic mass is 19.4. The summed E-state index contributed by atoms with van der Waals surface area (Å²) in [5.74, 6) is 0.185. The highest BCUT2D eigenvalue weighted by Gasteiger charge is 2.30. The van der Waals surface area contributed by atoms with Gasteiger partial charge in [0, 0.05) is 12.1 Å². The molecule has 0 aliphatic rings. The summed E-state index contributed by atoms with van der Waals surface area (Å²) in [6, 6.07) is 6.02. The van der Waals surface area contributed by atoms with Gasteiger partial charge in [-0.15, -0.1) is 0 Å². The van der Waals surface area contributed by atoms with E-state index in [-0.39, 0.29) is 11.8 Å². The molecule has 0 amide bonds. The predicted molar refractivity (Wildman–Crippen MR) is 64.5 cm³/mol. The number of phenolic OH excluding ortho intramolecular Hbond substituents is 1. The first-order valence-electron chi connectivity index (χ1n) is 5.87. The molecule has 2 nitrogen and oxygen atoms in total. The van der Waals surface area contributed by atoms with Crippen LogP contribution in [0.5, 0.6) is 5.75 Å². The van der Waals surface area contributed by atoms with E-state index < -0.39 is 18.6 Å². The highest BCUT2D eigenvalue weighted by Crippen LogP contribution is 2.21. The molecule has 0 spiro atoms. The van der Waals surface area contributed by atoms with Crippen LogP contribution >= 0.6 is 0 Å². The average molecular weight is 261 g/mol. The van der Waals surface area contributed by atoms with Gasteiger partial charge in [-0.2, -0.15) is 13.2 Å². The fourth-order valence-corrected chi connectivity index (χ4v) is 1.94. The summed E-state index contributed by atoms with van der Waals surface area (Å²) >= 11 is 0. The average Bonchev–Trinajstić information content (AvgIpc) is 2.18. The molecule has 0 fully saturated rings. The fourth-order valence-electron chi connectivity index (χ4n) is 1.94. The van der Waals surface area contributed by atoms with Gasteiger partial charge in [0.2, 0.25) is 0 Å². The van der Waals surface area contributed by atoms with E-state index in [0.29, 0.717) is 6.42 Å². The standard InChI is InChI=1S/C13H18F3NO/c1-9(17-10(2)8-13(14,15)16)7-11-3-5-12(18)6-4-11/h3-6,9-10,17-18H,7-8H2,1-2H3. The number of nitrogens with one attached hydrogen (secondary N) is 1. The zero-order chi connectivity index (χ0) is 13.8. The molecule has 0 heterocycles. The van der Waals surface area contributed by atoms with Crippen LogP contribution in [0.4, 0.5) is 13.2 Å². The van der Waals surface area contributed by atoms with E-state index in [2.05, 4.69) is 5.32 Å². The molecular formula is C13H18F3NO. The van der Waals surface area contributed by atoms with E-state index in [1.165, 1.54) is 6.92 Å². The van der Waals surface area contributed by atoms with Crippen molar-refractivity contribution < 1.29 is 18.3 Å². The van der Waals surface area contributed by atoms with Gasteiger partial charge in [0.25, 0.3) is 0 Å². The maximum atomic E-state index is 12.2. The Labute approximate surface area is 105 Å². The van der Waals surface area contributed by atoms with Crippen molar-refractivity contribution in [1.82, 2.24) is 5.32 Å². The smallest absolute Gasteiger partial charge is 0.390 e. The molecule has 0 aliphatic carbocycles. The molecule has 1 aromatic carbocycles. The third kappa shape index (κ3) is 5.91. The number of benzene rings is 1. The summed E-state index contributed by atoms with van der Waals surface area (Å²) in [5.41, 5.74) is 0.979. The molecule has 0 bridgehead atoms. The van der Waals surface area contributed by atoms with E-state index >= 15 is 0 Å². The lowest BCUT2D eigenvalue weighted by atomic mass is 10.1. The molecule has 0 radical (unpaired) electrons. The molecule has 0 aliphatic heterocycles. The second-order valence-electron chi connectivity index (χ2n) is 4.66. The summed E-state index contributed by atoms with van der Waals surface area (Å²) in [4.78, 5) is 0. The Hall–Kier alpha value is -1.23. The zero-order valence-electron chi connectivity index (χ0n) is 10.5. The van der Waals surface area contributed by atoms with Crippen molar-refractivity contribution in [3.8, 4) is 5.75 Å². The van der Waals surface area contributed by atoms with E-state index in [0.717, 1.165) is 5.56 Å². The van der Waals surface area contributed by atoms with Crippen LogP contribution < -0.4 is 5.32 Å². The second-order valence-corrected chi connectivity index (χ2v) is 4.66. The van der Waals surface area contributed by atoms with Gasteiger partial charge in [-0.05, 0) is 38.0 Å². The minimum atomic E-state index is -4.13. The van der Waals surface area contributed by atoms with Crippen LogP contribution in [0.3, 0.4) is 0 Å². The first-order chi connectivity index (χ1) is 8.26. The maximum Gasteiger partial charge on any atom is 0.390 e. The molecule has 2 unspecified atom stereocenters. The molecule has 102 valence electrons. The van der Waals surface area contributed by atoms with E-state index in [9.17, 15) is 13.2 Å². The number of hydrogen-bond donors (Lipinski definition) is 2. The molecule has 2 N–H and O–H groups in total. The normalized spacial score (nSPS) is 15.4. The predicted octanol–water partition coefficient (Wildman–Crippen LogP) is 3.25. The second kappa shape index (κ2) is 6.09. The zero-order valence-corrected chi connectivity index (χ0v) is 10.5. The molecular weight excluding hydrogens is 243 g/mol. The first kappa shape index (κ1) is 14.8. The number of hydrogen-bond acceptors (Lipinski definition) is 2. The van der Waals surface area contributed by atoms with Gasteiger partial charge in [0.1, 0.15) is 5.75 Å². The summed E-state index contributed by atoms with van der Waals surface area (Å²) in [6.07, 6.45) is -4.33. The van der Waals surface area contributed by atoms with Crippen LogP contribution in [0.2, 0.25) is 0 Å². The largest absolute Gasteiger partial charge is 0.508 e. The van der Waals surface area contributed by atoms with Crippen LogP contribution in [0.15, 0.2) is 24.3 Å². The highest BCUT2D eigenvalue weighted by molar-refractivity contribution is 5.26. The van der Waals surface area contributed by atoms with Crippen LogP contribution in [-0.2, 0) is 6.42 Å². The minimum Gasteiger partial charge on any atom is -0.508 e. The van der Waals surface area contributed by atoms with Crippen LogP contribution in [-0.4, -0.2) is 23.4 Å². The van der Waals surface area contributed by atoms with Gasteiger partial charge in [0.15, 0.2) is 0 Å². The van der Waals surface area contributed by atoms with Crippen LogP contribution in [0.25, 0.3) is 0 Å². The molecule has 18 heavy (non-hydrogen) atoms. The third-order valence-electron chi connectivity index (χ3n) is 2.58. The van der Waals surface area contributed by atoms with Crippen LogP contribution in [0, 0.1) is 0 Å². The third-order valence-corrected chi connectivity index (χ3v) is 2.58. The lowest BCUT2D eigenvalue weighted by molar-refractivity contribution is -0.139. The van der Waals surface area contributed by atoms with Crippen molar-refractivity contribution in [2.75, 3.05) is 0 Å². The Kier molecular flexibility index (Phi) is 5.02. The van der Waals surface area contributed by atoms with Gasteiger partial charge in [-0.3, -0.25) is 0 Å². The first-order valence-corrected chi connectivity index (χ1v) is 5.87. The van der Waals surface area contributed by atoms with Gasteiger partial charge in [-0.25, -0.2) is 0 Å². The van der Waals surface area contributed by atoms with Crippen molar-refractivity contribution in [1.29, 1.82) is 0 Å². The Balaban J connectivity index is 2.41. The molecule has 0 aromatic heterocycles. The lowest BCUT2D eigenvalue weighted by Crippen LogP contribution is -2.38. The Morgan fingerprint density at radius 2 is 1.67 bits per heavy atom. The van der Waals surface area contributed by atoms with Crippen molar-refractivity contribution >= 4 is 0 Å². The topological polar surface area (TPSA) is 32.3 Å². The molecule has 0 saturated carbocycles. The minimum absolute atomic E-state index is 0.0492. The van der Waals surface area contributed by atoms with Gasteiger partial charge in [0.05, 0.1) is 6.42 Å². The summed E-state index contributed by atoms with van der Waals surface area (Å²) in [5, 5.41) is 12.0. The molecule has 0 saturated heterocycles. The monoisotopic (exact) mass is 261 g/mol. The lowest BCUT2D eigenvalue weighted by Gasteiger charge is -2.21. The number of aromatic hydroxyl groups is 1. The van der Waals surface area contributed by atoms with E-state index in [1.807, 2.05) is 6.92 Å². The number of phenols is 1. The van der Waals surface area contributed by atoms with Crippen molar-refractivity contribution in [2.45, 2.75) is 44.9 Å². The van der Waals surface area contributed by atoms with Crippen molar-refractivity contribution in [3.05, 3.63) is 29.8 Å². The van der Waals surface area contributed by atoms with Gasteiger partial charge < -0.3 is 10.4 Å². The maximum absolute atomic E-state index is 12.2. The Morgan fingerprint density at radius 3 is 2.17 bits per heavy atom. The summed E-state index contributed by atoms with van der Waals surface area (Å²) < 4.78 is 36.5. The summed E-state index contributed by atoms with van der Waals surface area (Å²) in [7, 11) is 0. The van der Waals surface area contributed by atoms with Crippen LogP contribution in [0.1, 0.15) is 25.8 Å². The number of rotatable bonds is 5.